The van der Waals surface area contributed by atoms with Gasteiger partial charge >= 0.3 is 6.61 Å². The van der Waals surface area contributed by atoms with Gasteiger partial charge in [-0.05, 0) is 29.5 Å². The van der Waals surface area contributed by atoms with Crippen molar-refractivity contribution in [3.05, 3.63) is 41.4 Å². The predicted molar refractivity (Wildman–Crippen MR) is 96.5 cm³/mol. The quantitative estimate of drug-likeness (QED) is 0.860. The van der Waals surface area contributed by atoms with Crippen molar-refractivity contribution in [2.75, 3.05) is 12.4 Å². The Balaban J connectivity index is 1.84. The van der Waals surface area contributed by atoms with Crippen LogP contribution in [0.2, 0.25) is 0 Å². The molecule has 0 fully saturated rings. The van der Waals surface area contributed by atoms with Crippen LogP contribution in [0, 0.1) is 5.41 Å². The number of ether oxygens (including phenoxy) is 2. The van der Waals surface area contributed by atoms with Gasteiger partial charge in [0, 0.05) is 17.7 Å². The minimum atomic E-state index is -2.96. The van der Waals surface area contributed by atoms with Crippen LogP contribution in [0.3, 0.4) is 0 Å². The molecule has 0 bridgehead atoms. The Bertz CT molecular complexity index is 968. The summed E-state index contributed by atoms with van der Waals surface area (Å²) in [5.74, 6) is 0.640. The number of carbonyl (C=O) groups excluding carboxylic acids is 1. The number of hydrogen-bond donors (Lipinski definition) is 1. The second-order valence-corrected chi connectivity index (χ2v) is 7.68. The van der Waals surface area contributed by atoms with E-state index in [-0.39, 0.29) is 22.7 Å². The number of rotatable bonds is 4. The van der Waals surface area contributed by atoms with Crippen LogP contribution < -0.4 is 14.8 Å². The molecule has 2 aromatic rings. The van der Waals surface area contributed by atoms with Crippen molar-refractivity contribution >= 4 is 11.7 Å². The van der Waals surface area contributed by atoms with E-state index in [9.17, 15) is 13.6 Å². The van der Waals surface area contributed by atoms with Gasteiger partial charge in [-0.3, -0.25) is 4.79 Å². The van der Waals surface area contributed by atoms with Gasteiger partial charge in [0.2, 0.25) is 5.95 Å². The smallest absolute Gasteiger partial charge is 0.387 e. The Morgan fingerprint density at radius 1 is 1.29 bits per heavy atom. The number of nitrogens with zero attached hydrogens (tertiary/aromatic N) is 3. The molecule has 7 nitrogen and oxygen atoms in total. The van der Waals surface area contributed by atoms with Crippen LogP contribution in [-0.2, 0) is 4.79 Å². The van der Waals surface area contributed by atoms with E-state index in [4.69, 9.17) is 4.74 Å². The number of nitrogens with one attached hydrogen (secondary N) is 1. The van der Waals surface area contributed by atoms with E-state index in [0.717, 1.165) is 5.70 Å². The molecule has 9 heteroatoms. The molecule has 1 atom stereocenters. The Labute approximate surface area is 160 Å². The van der Waals surface area contributed by atoms with E-state index in [2.05, 4.69) is 20.1 Å². The zero-order valence-corrected chi connectivity index (χ0v) is 15.7. The summed E-state index contributed by atoms with van der Waals surface area (Å²) < 4.78 is 36.6. The van der Waals surface area contributed by atoms with Crippen molar-refractivity contribution in [3.63, 3.8) is 0 Å². The molecular formula is C19H20F2N4O3. The number of halogens is 2. The van der Waals surface area contributed by atoms with Crippen LogP contribution in [-0.4, -0.2) is 34.3 Å². The van der Waals surface area contributed by atoms with Gasteiger partial charge in [0.15, 0.2) is 17.3 Å². The summed E-state index contributed by atoms with van der Waals surface area (Å²) in [6.45, 7) is 1.13. The van der Waals surface area contributed by atoms with Crippen molar-refractivity contribution in [2.45, 2.75) is 39.3 Å². The molecule has 0 unspecified atom stereocenters. The summed E-state index contributed by atoms with van der Waals surface area (Å²) in [5.41, 5.74) is 1.94. The largest absolute Gasteiger partial charge is 0.493 e. The molecule has 28 heavy (non-hydrogen) atoms. The third kappa shape index (κ3) is 3.10. The van der Waals surface area contributed by atoms with E-state index in [0.29, 0.717) is 29.9 Å². The van der Waals surface area contributed by atoms with Gasteiger partial charge < -0.3 is 14.8 Å². The maximum atomic E-state index is 13.0. The Morgan fingerprint density at radius 3 is 2.79 bits per heavy atom. The maximum Gasteiger partial charge on any atom is 0.387 e. The zero-order valence-electron chi connectivity index (χ0n) is 15.7. The molecule has 0 saturated carbocycles. The lowest BCUT2D eigenvalue weighted by molar-refractivity contribution is -0.118. The van der Waals surface area contributed by atoms with E-state index in [1.165, 1.54) is 19.5 Å². The summed E-state index contributed by atoms with van der Waals surface area (Å²) in [6, 6.07) is 4.12. The highest BCUT2D eigenvalue weighted by Crippen LogP contribution is 2.46. The number of allylic oxidation sites excluding steroid dienone is 2. The number of Topliss-reactive ketones (excluding diaryl/α,β-unsaturated/α-hetero) is 1. The zero-order chi connectivity index (χ0) is 20.1. The summed E-state index contributed by atoms with van der Waals surface area (Å²) >= 11 is 0. The first-order valence-corrected chi connectivity index (χ1v) is 8.84. The number of anilines is 1. The van der Waals surface area contributed by atoms with E-state index in [1.54, 1.807) is 16.8 Å². The molecule has 0 radical (unpaired) electrons. The topological polar surface area (TPSA) is 78.3 Å². The standard InChI is InChI=1S/C19H20F2N4O3/c1-19(2)7-11-15(12(26)8-19)16(25-18(24-11)22-9-23-25)10-4-5-13(28-17(20)21)14(6-10)27-3/h4-6,9,16-17H,7-8H2,1-3H3,(H,22,23,24)/t16-/m1/s1. The van der Waals surface area contributed by atoms with E-state index in [1.807, 2.05) is 13.8 Å². The molecule has 1 N–H and O–H groups in total. The van der Waals surface area contributed by atoms with Gasteiger partial charge in [0.25, 0.3) is 0 Å². The van der Waals surface area contributed by atoms with Gasteiger partial charge in [0.1, 0.15) is 12.4 Å². The number of aromatic nitrogens is 3. The molecule has 4 rings (SSSR count). The van der Waals surface area contributed by atoms with Crippen LogP contribution >= 0.6 is 0 Å². The van der Waals surface area contributed by atoms with Crippen molar-refractivity contribution in [1.82, 2.24) is 14.8 Å². The molecule has 148 valence electrons. The highest BCUT2D eigenvalue weighted by molar-refractivity contribution is 6.00. The lowest BCUT2D eigenvalue weighted by atomic mass is 9.73. The first kappa shape index (κ1) is 18.4. The average Bonchev–Trinajstić information content (AvgIpc) is 3.07. The van der Waals surface area contributed by atoms with E-state index < -0.39 is 12.7 Å². The molecular weight excluding hydrogens is 370 g/mol. The first-order valence-electron chi connectivity index (χ1n) is 8.84. The molecule has 1 aromatic heterocycles. The number of fused-ring (bicyclic) bond motifs is 1. The monoisotopic (exact) mass is 390 g/mol. The summed E-state index contributed by atoms with van der Waals surface area (Å²) in [7, 11) is 1.37. The van der Waals surface area contributed by atoms with Crippen molar-refractivity contribution in [1.29, 1.82) is 0 Å². The van der Waals surface area contributed by atoms with Crippen LogP contribution in [0.15, 0.2) is 35.8 Å². The third-order valence-corrected chi connectivity index (χ3v) is 4.99. The van der Waals surface area contributed by atoms with Crippen LogP contribution in [0.1, 0.15) is 38.3 Å². The minimum Gasteiger partial charge on any atom is -0.493 e. The lowest BCUT2D eigenvalue weighted by Gasteiger charge is -2.38. The molecule has 0 spiro atoms. The molecule has 2 heterocycles. The fraction of sp³-hybridized carbons (Fsp3) is 0.421. The highest BCUT2D eigenvalue weighted by Gasteiger charge is 2.41. The van der Waals surface area contributed by atoms with Crippen molar-refractivity contribution < 1.29 is 23.0 Å². The summed E-state index contributed by atoms with van der Waals surface area (Å²) in [6.07, 6.45) is 2.52. The fourth-order valence-corrected chi connectivity index (χ4v) is 3.90. The number of methoxy groups -OCH3 is 1. The van der Waals surface area contributed by atoms with Crippen LogP contribution in [0.25, 0.3) is 0 Å². The van der Waals surface area contributed by atoms with Gasteiger partial charge in [-0.25, -0.2) is 4.68 Å². The first-order chi connectivity index (χ1) is 13.3. The predicted octanol–water partition coefficient (Wildman–Crippen LogP) is 3.55. The number of benzene rings is 1. The summed E-state index contributed by atoms with van der Waals surface area (Å²) in [4.78, 5) is 17.2. The second kappa shape index (κ2) is 6.57. The Morgan fingerprint density at radius 2 is 2.07 bits per heavy atom. The van der Waals surface area contributed by atoms with Gasteiger partial charge in [0.05, 0.1) is 7.11 Å². The van der Waals surface area contributed by atoms with Crippen LogP contribution in [0.4, 0.5) is 14.7 Å². The number of hydrogen-bond acceptors (Lipinski definition) is 6. The highest BCUT2D eigenvalue weighted by atomic mass is 19.3. The SMILES string of the molecule is COc1cc([C@@H]2C3=C(CC(C)(C)CC3=O)Nc3ncnn32)ccc1OC(F)F. The lowest BCUT2D eigenvalue weighted by Crippen LogP contribution is -2.36. The van der Waals surface area contributed by atoms with Gasteiger partial charge in [-0.15, -0.1) is 0 Å². The van der Waals surface area contributed by atoms with Crippen molar-refractivity contribution in [3.8, 4) is 11.5 Å². The normalized spacial score (nSPS) is 20.5. The molecule has 1 aliphatic carbocycles. The number of carbonyl (C=O) groups is 1. The molecule has 1 aromatic carbocycles. The number of alkyl halides is 2. The molecule has 0 saturated heterocycles. The summed E-state index contributed by atoms with van der Waals surface area (Å²) in [5, 5.41) is 7.49. The van der Waals surface area contributed by atoms with Gasteiger partial charge in [-0.2, -0.15) is 18.9 Å². The average molecular weight is 390 g/mol. The number of ketones is 1. The Hall–Kier alpha value is -2.97. The Kier molecular flexibility index (Phi) is 4.32. The van der Waals surface area contributed by atoms with E-state index >= 15 is 0 Å². The van der Waals surface area contributed by atoms with Gasteiger partial charge in [-0.1, -0.05) is 19.9 Å². The van der Waals surface area contributed by atoms with Crippen LogP contribution in [0.5, 0.6) is 11.5 Å². The molecule has 0 amide bonds. The van der Waals surface area contributed by atoms with Crippen molar-refractivity contribution in [2.24, 2.45) is 5.41 Å². The molecule has 1 aliphatic heterocycles. The maximum absolute atomic E-state index is 13.0. The third-order valence-electron chi connectivity index (χ3n) is 4.99. The second-order valence-electron chi connectivity index (χ2n) is 7.68. The molecule has 2 aliphatic rings. The minimum absolute atomic E-state index is 0.0248. The fourth-order valence-electron chi connectivity index (χ4n) is 3.90.